The van der Waals surface area contributed by atoms with Gasteiger partial charge in [0.1, 0.15) is 11.2 Å². The largest absolute Gasteiger partial charge is 0.390 e. The quantitative estimate of drug-likeness (QED) is 0.426. The topological polar surface area (TPSA) is 114 Å². The minimum atomic E-state index is -1.56. The van der Waals surface area contributed by atoms with Crippen LogP contribution in [0.3, 0.4) is 0 Å². The zero-order valence-corrected chi connectivity index (χ0v) is 24.6. The number of rotatable bonds is 4. The van der Waals surface area contributed by atoms with Crippen molar-refractivity contribution in [3.05, 3.63) is 76.8 Å². The molecule has 8 nitrogen and oxygen atoms in total. The van der Waals surface area contributed by atoms with Crippen molar-refractivity contribution in [1.29, 1.82) is 0 Å². The number of aliphatic hydroxyl groups excluding tert-OH is 1. The van der Waals surface area contributed by atoms with E-state index in [-0.39, 0.29) is 24.9 Å². The molecule has 3 fully saturated rings. The zero-order chi connectivity index (χ0) is 29.3. The summed E-state index contributed by atoms with van der Waals surface area (Å²) in [5.74, 6) is -1.15. The average molecular weight is 571 g/mol. The third-order valence-corrected chi connectivity index (χ3v) is 11.7. The number of H-pyrrole nitrogens is 1. The van der Waals surface area contributed by atoms with Crippen LogP contribution >= 0.6 is 0 Å². The molecule has 1 aromatic carbocycles. The lowest BCUT2D eigenvalue weighted by Crippen LogP contribution is -2.74. The van der Waals surface area contributed by atoms with Gasteiger partial charge < -0.3 is 29.4 Å². The van der Waals surface area contributed by atoms with Crippen LogP contribution < -0.4 is 0 Å². The van der Waals surface area contributed by atoms with Crippen LogP contribution in [0.4, 0.5) is 0 Å². The number of nitrogens with one attached hydrogen (secondary N) is 1. The molecule has 1 spiro atoms. The van der Waals surface area contributed by atoms with Gasteiger partial charge in [-0.25, -0.2) is 0 Å². The van der Waals surface area contributed by atoms with Crippen molar-refractivity contribution in [2.75, 3.05) is 0 Å². The van der Waals surface area contributed by atoms with Crippen molar-refractivity contribution in [3.63, 3.8) is 0 Å². The molecule has 0 radical (unpaired) electrons. The molecule has 4 heterocycles. The number of ether oxygens (including phenoxy) is 3. The van der Waals surface area contributed by atoms with Crippen molar-refractivity contribution < 1.29 is 29.2 Å². The van der Waals surface area contributed by atoms with Crippen molar-refractivity contribution >= 4 is 16.7 Å². The van der Waals surface area contributed by atoms with Gasteiger partial charge in [-0.3, -0.25) is 9.78 Å². The molecule has 8 heteroatoms. The summed E-state index contributed by atoms with van der Waals surface area (Å²) in [6.45, 7) is 8.24. The molecule has 2 aromatic heterocycles. The molecule has 5 aliphatic rings. The molecule has 0 amide bonds. The number of ketones is 1. The minimum Gasteiger partial charge on any atom is -0.390 e. The first-order valence-corrected chi connectivity index (χ1v) is 15.1. The van der Waals surface area contributed by atoms with Crippen LogP contribution in [0.1, 0.15) is 69.6 Å². The van der Waals surface area contributed by atoms with Gasteiger partial charge in [0.25, 0.3) is 0 Å². The third-order valence-electron chi connectivity index (χ3n) is 11.7. The summed E-state index contributed by atoms with van der Waals surface area (Å²) in [5.41, 5.74) is 1.79. The Kier molecular flexibility index (Phi) is 5.34. The van der Waals surface area contributed by atoms with Crippen LogP contribution in [0.2, 0.25) is 0 Å². The van der Waals surface area contributed by atoms with Crippen LogP contribution in [0.5, 0.6) is 0 Å². The van der Waals surface area contributed by atoms with Crippen LogP contribution in [-0.2, 0) is 44.1 Å². The number of carbonyl (C=O) groups excluding carboxylic acids is 1. The number of para-hydroxylation sites is 1. The van der Waals surface area contributed by atoms with Crippen molar-refractivity contribution in [2.45, 2.75) is 101 Å². The number of pyridine rings is 1. The predicted octanol–water partition coefficient (Wildman–Crippen LogP) is 4.40. The Labute approximate surface area is 245 Å². The first-order chi connectivity index (χ1) is 20.0. The molecular formula is C34H38N2O6. The number of nitrogens with zero attached hydrogens (tertiary/aromatic N) is 1. The number of aromatic amines is 1. The van der Waals surface area contributed by atoms with Gasteiger partial charge in [0.15, 0.2) is 17.7 Å². The zero-order valence-electron chi connectivity index (χ0n) is 24.6. The monoisotopic (exact) mass is 570 g/mol. The lowest BCUT2D eigenvalue weighted by Gasteiger charge is -2.67. The van der Waals surface area contributed by atoms with Gasteiger partial charge in [-0.2, -0.15) is 0 Å². The van der Waals surface area contributed by atoms with E-state index in [2.05, 4.69) is 42.0 Å². The molecule has 2 saturated carbocycles. The highest BCUT2D eigenvalue weighted by Crippen LogP contribution is 2.72. The normalized spacial score (nSPS) is 39.4. The van der Waals surface area contributed by atoms with Gasteiger partial charge in [-0.05, 0) is 68.9 Å². The number of carbonyl (C=O) groups is 1. The van der Waals surface area contributed by atoms with Gasteiger partial charge in [-0.15, -0.1) is 0 Å². The molecule has 8 rings (SSSR count). The van der Waals surface area contributed by atoms with E-state index in [9.17, 15) is 15.0 Å². The van der Waals surface area contributed by atoms with Crippen LogP contribution in [-0.4, -0.2) is 55.2 Å². The number of aliphatic hydroxyl groups is 2. The summed E-state index contributed by atoms with van der Waals surface area (Å²) in [7, 11) is 0. The molecular weight excluding hydrogens is 532 g/mol. The molecule has 1 saturated heterocycles. The maximum absolute atomic E-state index is 13.5. The third kappa shape index (κ3) is 3.09. The fourth-order valence-corrected chi connectivity index (χ4v) is 9.47. The second-order valence-electron chi connectivity index (χ2n) is 14.0. The molecule has 1 unspecified atom stereocenters. The number of hydrogen-bond donors (Lipinski definition) is 3. The summed E-state index contributed by atoms with van der Waals surface area (Å²) in [6, 6.07) is 13.9. The summed E-state index contributed by atoms with van der Waals surface area (Å²) < 4.78 is 19.8. The predicted molar refractivity (Wildman–Crippen MR) is 154 cm³/mol. The van der Waals surface area contributed by atoms with E-state index in [1.54, 1.807) is 12.1 Å². The first kappa shape index (κ1) is 26.7. The van der Waals surface area contributed by atoms with Gasteiger partial charge in [0.05, 0.1) is 30.7 Å². The van der Waals surface area contributed by atoms with Crippen LogP contribution in [0.15, 0.2) is 54.1 Å². The number of benzene rings is 1. The molecule has 2 bridgehead atoms. The van der Waals surface area contributed by atoms with E-state index in [0.717, 1.165) is 11.9 Å². The van der Waals surface area contributed by atoms with E-state index in [1.807, 2.05) is 32.0 Å². The fourth-order valence-electron chi connectivity index (χ4n) is 9.47. The molecule has 7 atom stereocenters. The standard InChI is InChI=1S/C34H38N2O6/c1-30(2)29-25(38)16-26-33(41-29,42-30)13-12-31(3)32(4)19(14-23-22-10-5-6-11-24(22)36-28(23)32)15-27(34(26,31)39)40-18-21-9-7-8-20(17-37)35-21/h5-11,16,19,27,29,36-37,39H,12-15,17-18H2,1-4H3/t19-,27+,29?,31-,32-,33+,34+/m1/s1. The Bertz CT molecular complexity index is 1680. The van der Waals surface area contributed by atoms with E-state index in [0.29, 0.717) is 36.2 Å². The highest BCUT2D eigenvalue weighted by atomic mass is 16.8. The van der Waals surface area contributed by atoms with E-state index < -0.39 is 40.0 Å². The Balaban J connectivity index is 1.29. The Morgan fingerprint density at radius 2 is 1.86 bits per heavy atom. The molecule has 42 heavy (non-hydrogen) atoms. The van der Waals surface area contributed by atoms with Crippen molar-refractivity contribution in [3.8, 4) is 0 Å². The van der Waals surface area contributed by atoms with E-state index in [4.69, 9.17) is 14.2 Å². The van der Waals surface area contributed by atoms with E-state index >= 15 is 0 Å². The highest BCUT2D eigenvalue weighted by Gasteiger charge is 2.78. The van der Waals surface area contributed by atoms with Crippen molar-refractivity contribution in [2.24, 2.45) is 11.3 Å². The van der Waals surface area contributed by atoms with Crippen LogP contribution in [0, 0.1) is 11.3 Å². The van der Waals surface area contributed by atoms with Gasteiger partial charge in [0.2, 0.25) is 0 Å². The van der Waals surface area contributed by atoms with Gasteiger partial charge in [-0.1, -0.05) is 38.1 Å². The summed E-state index contributed by atoms with van der Waals surface area (Å²) >= 11 is 0. The minimum absolute atomic E-state index is 0.158. The van der Waals surface area contributed by atoms with E-state index in [1.165, 1.54) is 16.6 Å². The lowest BCUT2D eigenvalue weighted by molar-refractivity contribution is -0.282. The molecule has 220 valence electrons. The van der Waals surface area contributed by atoms with Gasteiger partial charge >= 0.3 is 0 Å². The highest BCUT2D eigenvalue weighted by molar-refractivity contribution is 5.97. The number of hydrogen-bond acceptors (Lipinski definition) is 7. The number of fused-ring (bicyclic) bond motifs is 9. The summed E-state index contributed by atoms with van der Waals surface area (Å²) in [6.07, 6.45) is 2.90. The fraction of sp³-hybridized carbons (Fsp3) is 0.529. The summed E-state index contributed by atoms with van der Waals surface area (Å²) in [4.78, 5) is 21.8. The maximum atomic E-state index is 13.5. The first-order valence-electron chi connectivity index (χ1n) is 15.1. The van der Waals surface area contributed by atoms with Gasteiger partial charge in [0, 0.05) is 39.4 Å². The number of aromatic nitrogens is 2. The Hall–Kier alpha value is -2.88. The molecule has 3 aliphatic carbocycles. The Morgan fingerprint density at radius 1 is 1.07 bits per heavy atom. The van der Waals surface area contributed by atoms with Crippen LogP contribution in [0.25, 0.3) is 10.9 Å². The SMILES string of the molecule is CC1(C)O[C@@]23CC[C@]4(C)[C@@]5(C)c6[nH]c7ccccc7c6C[C@@H]5C[C@H](OCc5cccc(CO)n5)[C@@]4(O)C2=CC(=O)C1O3. The van der Waals surface area contributed by atoms with Crippen molar-refractivity contribution in [1.82, 2.24) is 9.97 Å². The molecule has 3 aromatic rings. The summed E-state index contributed by atoms with van der Waals surface area (Å²) in [5, 5.41) is 24.3. The smallest absolute Gasteiger partial charge is 0.195 e. The average Bonchev–Trinajstić information content (AvgIpc) is 3.56. The second-order valence-corrected chi connectivity index (χ2v) is 14.0. The molecule has 2 aliphatic heterocycles. The Morgan fingerprint density at radius 3 is 2.67 bits per heavy atom. The molecule has 3 N–H and O–H groups in total. The lowest BCUT2D eigenvalue weighted by atomic mass is 9.41. The maximum Gasteiger partial charge on any atom is 0.195 e. The second kappa shape index (κ2) is 8.39.